The highest BCUT2D eigenvalue weighted by Gasteiger charge is 2.10. The van der Waals surface area contributed by atoms with Crippen molar-refractivity contribution in [1.29, 1.82) is 0 Å². The van der Waals surface area contributed by atoms with E-state index in [1.54, 1.807) is 25.1 Å². The van der Waals surface area contributed by atoms with Gasteiger partial charge in [0.1, 0.15) is 11.5 Å². The van der Waals surface area contributed by atoms with Crippen LogP contribution in [0, 0.1) is 13.8 Å². The maximum absolute atomic E-state index is 11.8. The smallest absolute Gasteiger partial charge is 0.277 e. The number of amides is 1. The van der Waals surface area contributed by atoms with E-state index in [0.29, 0.717) is 27.6 Å². The topological polar surface area (TPSA) is 104 Å². The fourth-order valence-electron chi connectivity index (χ4n) is 2.04. The number of rotatable bonds is 6. The van der Waals surface area contributed by atoms with Crippen molar-refractivity contribution >= 4 is 23.7 Å². The summed E-state index contributed by atoms with van der Waals surface area (Å²) in [7, 11) is 0. The second kappa shape index (κ2) is 8.46. The number of aryl methyl sites for hydroxylation is 2. The molecule has 0 unspecified atom stereocenters. The molecule has 0 radical (unpaired) electrons. The van der Waals surface area contributed by atoms with Crippen LogP contribution >= 0.6 is 11.6 Å². The Balaban J connectivity index is 1.96. The number of nitrogens with one attached hydrogen (secondary N) is 1. The fourth-order valence-corrected chi connectivity index (χ4v) is 2.27. The minimum absolute atomic E-state index is 0.0995. The van der Waals surface area contributed by atoms with Crippen molar-refractivity contribution in [2.45, 2.75) is 20.5 Å². The van der Waals surface area contributed by atoms with E-state index in [1.807, 2.05) is 6.92 Å². The van der Waals surface area contributed by atoms with Gasteiger partial charge in [0, 0.05) is 22.3 Å². The molecule has 0 aliphatic rings. The van der Waals surface area contributed by atoms with E-state index >= 15 is 0 Å². The van der Waals surface area contributed by atoms with E-state index in [4.69, 9.17) is 16.3 Å². The van der Waals surface area contributed by atoms with Crippen LogP contribution in [0.15, 0.2) is 29.5 Å². The van der Waals surface area contributed by atoms with Gasteiger partial charge in [0.05, 0.1) is 18.5 Å². The van der Waals surface area contributed by atoms with Gasteiger partial charge in [0.15, 0.2) is 6.61 Å². The highest BCUT2D eigenvalue weighted by Crippen LogP contribution is 2.22. The molecule has 0 saturated heterocycles. The first-order valence-electron chi connectivity index (χ1n) is 7.41. The summed E-state index contributed by atoms with van der Waals surface area (Å²) < 4.78 is 5.40. The number of ether oxygens (including phenoxy) is 1. The molecule has 3 N–H and O–H groups in total. The number of hydrogen-bond donors (Lipinski definition) is 3. The number of aliphatic hydroxyl groups is 1. The third-order valence-electron chi connectivity index (χ3n) is 3.41. The van der Waals surface area contributed by atoms with Crippen LogP contribution in [0.5, 0.6) is 11.5 Å². The van der Waals surface area contributed by atoms with Gasteiger partial charge < -0.3 is 14.9 Å². The zero-order valence-corrected chi connectivity index (χ0v) is 14.5. The van der Waals surface area contributed by atoms with Gasteiger partial charge in [-0.25, -0.2) is 5.43 Å². The van der Waals surface area contributed by atoms with Gasteiger partial charge >= 0.3 is 0 Å². The number of carbonyl (C=O) groups is 1. The Kier molecular flexibility index (Phi) is 6.32. The molecule has 0 aliphatic heterocycles. The molecule has 0 spiro atoms. The van der Waals surface area contributed by atoms with Crippen LogP contribution in [0.25, 0.3) is 0 Å². The SMILES string of the molecule is Cc1cc(Cl)ccc1OCC(=O)N/N=C/c1c(CO)cnc(C)c1O. The van der Waals surface area contributed by atoms with E-state index in [1.165, 1.54) is 12.4 Å². The van der Waals surface area contributed by atoms with E-state index in [-0.39, 0.29) is 19.0 Å². The number of benzene rings is 1. The molecule has 1 aromatic heterocycles. The number of pyridine rings is 1. The summed E-state index contributed by atoms with van der Waals surface area (Å²) in [6, 6.07) is 5.09. The fraction of sp³-hybridized carbons (Fsp3) is 0.235. The molecule has 0 aliphatic carbocycles. The van der Waals surface area contributed by atoms with Crippen molar-refractivity contribution < 1.29 is 19.7 Å². The predicted molar refractivity (Wildman–Crippen MR) is 94.0 cm³/mol. The molecule has 2 rings (SSSR count). The summed E-state index contributed by atoms with van der Waals surface area (Å²) in [6.45, 7) is 2.90. The van der Waals surface area contributed by atoms with E-state index < -0.39 is 5.91 Å². The highest BCUT2D eigenvalue weighted by atomic mass is 35.5. The predicted octanol–water partition coefficient (Wildman–Crippen LogP) is 2.08. The van der Waals surface area contributed by atoms with Crippen LogP contribution in [0.1, 0.15) is 22.4 Å². The molecule has 25 heavy (non-hydrogen) atoms. The molecule has 1 amide bonds. The van der Waals surface area contributed by atoms with Crippen LogP contribution in [-0.4, -0.2) is 33.9 Å². The van der Waals surface area contributed by atoms with Gasteiger partial charge in [-0.2, -0.15) is 5.10 Å². The van der Waals surface area contributed by atoms with Gasteiger partial charge in [-0.05, 0) is 37.6 Å². The maximum atomic E-state index is 11.8. The van der Waals surface area contributed by atoms with Crippen molar-refractivity contribution in [3.05, 3.63) is 51.8 Å². The van der Waals surface area contributed by atoms with Crippen molar-refractivity contribution in [2.24, 2.45) is 5.10 Å². The minimum Gasteiger partial charge on any atom is -0.505 e. The summed E-state index contributed by atoms with van der Waals surface area (Å²) in [6.07, 6.45) is 2.69. The summed E-state index contributed by atoms with van der Waals surface area (Å²) >= 11 is 5.86. The highest BCUT2D eigenvalue weighted by molar-refractivity contribution is 6.30. The summed E-state index contributed by atoms with van der Waals surface area (Å²) in [4.78, 5) is 15.7. The van der Waals surface area contributed by atoms with E-state index in [2.05, 4.69) is 15.5 Å². The lowest BCUT2D eigenvalue weighted by atomic mass is 10.1. The third kappa shape index (κ3) is 4.91. The largest absolute Gasteiger partial charge is 0.505 e. The summed E-state index contributed by atoms with van der Waals surface area (Å²) in [5, 5.41) is 23.6. The lowest BCUT2D eigenvalue weighted by Crippen LogP contribution is -2.24. The summed E-state index contributed by atoms with van der Waals surface area (Å²) in [5.41, 5.74) is 4.20. The average Bonchev–Trinajstić information content (AvgIpc) is 2.58. The first kappa shape index (κ1) is 18.7. The Hall–Kier alpha value is -2.64. The number of hydrogen-bond acceptors (Lipinski definition) is 6. The minimum atomic E-state index is -0.471. The number of aromatic hydroxyl groups is 1. The Morgan fingerprint density at radius 2 is 2.20 bits per heavy atom. The van der Waals surface area contributed by atoms with Crippen molar-refractivity contribution in [1.82, 2.24) is 10.4 Å². The van der Waals surface area contributed by atoms with Gasteiger partial charge in [0.2, 0.25) is 0 Å². The number of carbonyl (C=O) groups excluding carboxylic acids is 1. The molecule has 0 saturated carbocycles. The van der Waals surface area contributed by atoms with Crippen molar-refractivity contribution in [2.75, 3.05) is 6.61 Å². The molecule has 8 heteroatoms. The van der Waals surface area contributed by atoms with Gasteiger partial charge in [0.25, 0.3) is 5.91 Å². The van der Waals surface area contributed by atoms with Crippen molar-refractivity contribution in [3.63, 3.8) is 0 Å². The summed E-state index contributed by atoms with van der Waals surface area (Å²) in [5.74, 6) is -0.0208. The molecule has 0 fully saturated rings. The number of aliphatic hydroxyl groups excluding tert-OH is 1. The van der Waals surface area contributed by atoms with E-state index in [0.717, 1.165) is 5.56 Å². The number of aromatic nitrogens is 1. The average molecular weight is 364 g/mol. The molecule has 0 atom stereocenters. The quantitative estimate of drug-likeness (QED) is 0.538. The zero-order chi connectivity index (χ0) is 18.4. The first-order valence-corrected chi connectivity index (χ1v) is 7.79. The molecule has 7 nitrogen and oxygen atoms in total. The lowest BCUT2D eigenvalue weighted by molar-refractivity contribution is -0.123. The maximum Gasteiger partial charge on any atom is 0.277 e. The van der Waals surface area contributed by atoms with Crippen LogP contribution in [0.2, 0.25) is 5.02 Å². The molecule has 0 bridgehead atoms. The van der Waals surface area contributed by atoms with Crippen LogP contribution < -0.4 is 10.2 Å². The molecule has 1 heterocycles. The molecule has 1 aromatic carbocycles. The standard InChI is InChI=1S/C17H18ClN3O4/c1-10-5-13(18)3-4-15(10)25-9-16(23)21-20-7-14-12(8-22)6-19-11(2)17(14)24/h3-7,22,24H,8-9H2,1-2H3,(H,21,23)/b20-7+. The third-order valence-corrected chi connectivity index (χ3v) is 3.64. The second-order valence-electron chi connectivity index (χ2n) is 5.28. The van der Waals surface area contributed by atoms with Crippen LogP contribution in [-0.2, 0) is 11.4 Å². The molecule has 2 aromatic rings. The monoisotopic (exact) mass is 363 g/mol. The van der Waals surface area contributed by atoms with Gasteiger partial charge in [-0.1, -0.05) is 11.6 Å². The Morgan fingerprint density at radius 3 is 2.88 bits per heavy atom. The lowest BCUT2D eigenvalue weighted by Gasteiger charge is -2.09. The molecular formula is C17H18ClN3O4. The Morgan fingerprint density at radius 1 is 1.44 bits per heavy atom. The molecule has 132 valence electrons. The Labute approximate surface area is 149 Å². The molecular weight excluding hydrogens is 346 g/mol. The zero-order valence-electron chi connectivity index (χ0n) is 13.8. The van der Waals surface area contributed by atoms with Gasteiger partial charge in [-0.15, -0.1) is 0 Å². The van der Waals surface area contributed by atoms with Crippen LogP contribution in [0.4, 0.5) is 0 Å². The van der Waals surface area contributed by atoms with E-state index in [9.17, 15) is 15.0 Å². The number of nitrogens with zero attached hydrogens (tertiary/aromatic N) is 2. The number of hydrazone groups is 1. The van der Waals surface area contributed by atoms with Crippen molar-refractivity contribution in [3.8, 4) is 11.5 Å². The first-order chi connectivity index (χ1) is 11.9. The second-order valence-corrected chi connectivity index (χ2v) is 5.72. The number of halogens is 1. The normalized spacial score (nSPS) is 10.9. The van der Waals surface area contributed by atoms with Crippen LogP contribution in [0.3, 0.4) is 0 Å². The van der Waals surface area contributed by atoms with Gasteiger partial charge in [-0.3, -0.25) is 9.78 Å². The Bertz CT molecular complexity index is 809.